The Balaban J connectivity index is 2.01. The van der Waals surface area contributed by atoms with Gasteiger partial charge in [0.1, 0.15) is 0 Å². The van der Waals surface area contributed by atoms with Crippen LogP contribution in [0, 0.1) is 0 Å². The van der Waals surface area contributed by atoms with E-state index < -0.39 is 0 Å². The molecule has 1 unspecified atom stereocenters. The maximum Gasteiger partial charge on any atom is 0.0316 e. The van der Waals surface area contributed by atoms with Crippen LogP contribution in [0.1, 0.15) is 24.9 Å². The number of hydrogen-bond donors (Lipinski definition) is 1. The van der Waals surface area contributed by atoms with E-state index in [1.165, 1.54) is 23.1 Å². The molecule has 2 aromatic carbocycles. The summed E-state index contributed by atoms with van der Waals surface area (Å²) in [5.41, 5.74) is 3.94. The average Bonchev–Trinajstić information content (AvgIpc) is 2.55. The van der Waals surface area contributed by atoms with Gasteiger partial charge in [-0.25, -0.2) is 0 Å². The van der Waals surface area contributed by atoms with Gasteiger partial charge in [-0.05, 0) is 57.2 Å². The SMILES string of the molecule is CNCCCN(C)C(C)c1ccc(-c2ccccc2)cc1. The Hall–Kier alpha value is -1.64. The molecule has 2 nitrogen and oxygen atoms in total. The van der Waals surface area contributed by atoms with Crippen LogP contribution < -0.4 is 5.32 Å². The summed E-state index contributed by atoms with van der Waals surface area (Å²) >= 11 is 0. The maximum absolute atomic E-state index is 3.20. The van der Waals surface area contributed by atoms with E-state index in [2.05, 4.69) is 78.8 Å². The largest absolute Gasteiger partial charge is 0.320 e. The van der Waals surface area contributed by atoms with Gasteiger partial charge in [-0.15, -0.1) is 0 Å². The number of hydrogen-bond acceptors (Lipinski definition) is 2. The van der Waals surface area contributed by atoms with E-state index >= 15 is 0 Å². The van der Waals surface area contributed by atoms with Crippen molar-refractivity contribution in [2.24, 2.45) is 0 Å². The first-order valence-corrected chi connectivity index (χ1v) is 7.72. The molecule has 0 radical (unpaired) electrons. The second-order valence-corrected chi connectivity index (χ2v) is 5.60. The van der Waals surface area contributed by atoms with Gasteiger partial charge >= 0.3 is 0 Å². The highest BCUT2D eigenvalue weighted by atomic mass is 15.1. The highest BCUT2D eigenvalue weighted by Crippen LogP contribution is 2.24. The number of benzene rings is 2. The predicted molar refractivity (Wildman–Crippen MR) is 91.5 cm³/mol. The van der Waals surface area contributed by atoms with E-state index in [1.807, 2.05) is 7.05 Å². The molecule has 21 heavy (non-hydrogen) atoms. The molecule has 2 rings (SSSR count). The summed E-state index contributed by atoms with van der Waals surface area (Å²) in [4.78, 5) is 2.41. The molecule has 1 atom stereocenters. The molecule has 0 saturated heterocycles. The minimum Gasteiger partial charge on any atom is -0.320 e. The van der Waals surface area contributed by atoms with Crippen LogP contribution in [-0.4, -0.2) is 32.1 Å². The summed E-state index contributed by atoms with van der Waals surface area (Å²) in [6, 6.07) is 19.9. The summed E-state index contributed by atoms with van der Waals surface area (Å²) in [5.74, 6) is 0. The van der Waals surface area contributed by atoms with Crippen molar-refractivity contribution in [2.75, 3.05) is 27.2 Å². The first-order valence-electron chi connectivity index (χ1n) is 7.72. The number of rotatable bonds is 7. The Labute approximate surface area is 128 Å². The fraction of sp³-hybridized carbons (Fsp3) is 0.368. The zero-order valence-electron chi connectivity index (χ0n) is 13.3. The molecule has 0 aliphatic rings. The molecular formula is C19H26N2. The van der Waals surface area contributed by atoms with Gasteiger partial charge in [-0.2, -0.15) is 0 Å². The van der Waals surface area contributed by atoms with Gasteiger partial charge in [-0.3, -0.25) is 4.90 Å². The topological polar surface area (TPSA) is 15.3 Å². The average molecular weight is 282 g/mol. The zero-order chi connectivity index (χ0) is 15.1. The van der Waals surface area contributed by atoms with Crippen molar-refractivity contribution in [1.82, 2.24) is 10.2 Å². The lowest BCUT2D eigenvalue weighted by molar-refractivity contribution is 0.258. The van der Waals surface area contributed by atoms with Gasteiger partial charge in [0.15, 0.2) is 0 Å². The van der Waals surface area contributed by atoms with Crippen LogP contribution in [-0.2, 0) is 0 Å². The lowest BCUT2D eigenvalue weighted by Crippen LogP contribution is -2.25. The van der Waals surface area contributed by atoms with E-state index in [0.29, 0.717) is 6.04 Å². The van der Waals surface area contributed by atoms with Crippen molar-refractivity contribution in [3.8, 4) is 11.1 Å². The van der Waals surface area contributed by atoms with Crippen molar-refractivity contribution in [1.29, 1.82) is 0 Å². The summed E-state index contributed by atoms with van der Waals surface area (Å²) in [7, 11) is 4.21. The van der Waals surface area contributed by atoms with E-state index in [4.69, 9.17) is 0 Å². The van der Waals surface area contributed by atoms with Crippen LogP contribution in [0.5, 0.6) is 0 Å². The molecule has 0 amide bonds. The van der Waals surface area contributed by atoms with Crippen LogP contribution in [0.2, 0.25) is 0 Å². The van der Waals surface area contributed by atoms with Crippen LogP contribution in [0.4, 0.5) is 0 Å². The Morgan fingerprint density at radius 1 is 0.952 bits per heavy atom. The molecule has 2 heteroatoms. The molecule has 0 heterocycles. The molecule has 0 spiro atoms. The molecule has 0 fully saturated rings. The molecular weight excluding hydrogens is 256 g/mol. The molecule has 0 aliphatic carbocycles. The molecule has 1 N–H and O–H groups in total. The second kappa shape index (κ2) is 7.96. The fourth-order valence-corrected chi connectivity index (χ4v) is 2.54. The Morgan fingerprint density at radius 3 is 2.19 bits per heavy atom. The molecule has 0 bridgehead atoms. The highest BCUT2D eigenvalue weighted by molar-refractivity contribution is 5.63. The van der Waals surface area contributed by atoms with Crippen molar-refractivity contribution in [3.63, 3.8) is 0 Å². The Bertz CT molecular complexity index is 519. The maximum atomic E-state index is 3.20. The number of nitrogens with zero attached hydrogens (tertiary/aromatic N) is 1. The van der Waals surface area contributed by atoms with Gasteiger partial charge in [0.2, 0.25) is 0 Å². The van der Waals surface area contributed by atoms with Crippen molar-refractivity contribution in [2.45, 2.75) is 19.4 Å². The fourth-order valence-electron chi connectivity index (χ4n) is 2.54. The lowest BCUT2D eigenvalue weighted by atomic mass is 10.0. The summed E-state index contributed by atoms with van der Waals surface area (Å²) in [6.07, 6.45) is 1.18. The monoisotopic (exact) mass is 282 g/mol. The van der Waals surface area contributed by atoms with Crippen LogP contribution in [0.3, 0.4) is 0 Å². The van der Waals surface area contributed by atoms with Gasteiger partial charge in [0.25, 0.3) is 0 Å². The van der Waals surface area contributed by atoms with E-state index in [1.54, 1.807) is 0 Å². The number of nitrogens with one attached hydrogen (secondary N) is 1. The smallest absolute Gasteiger partial charge is 0.0316 e. The van der Waals surface area contributed by atoms with Gasteiger partial charge in [0, 0.05) is 6.04 Å². The van der Waals surface area contributed by atoms with Gasteiger partial charge in [-0.1, -0.05) is 54.6 Å². The van der Waals surface area contributed by atoms with Crippen molar-refractivity contribution < 1.29 is 0 Å². The predicted octanol–water partition coefficient (Wildman–Crippen LogP) is 3.96. The second-order valence-electron chi connectivity index (χ2n) is 5.60. The molecule has 112 valence electrons. The van der Waals surface area contributed by atoms with Gasteiger partial charge in [0.05, 0.1) is 0 Å². The van der Waals surface area contributed by atoms with Crippen molar-refractivity contribution >= 4 is 0 Å². The quantitative estimate of drug-likeness (QED) is 0.773. The van der Waals surface area contributed by atoms with Crippen molar-refractivity contribution in [3.05, 3.63) is 60.2 Å². The summed E-state index contributed by atoms with van der Waals surface area (Å²) < 4.78 is 0. The van der Waals surface area contributed by atoms with Crippen LogP contribution in [0.15, 0.2) is 54.6 Å². The lowest BCUT2D eigenvalue weighted by Gasteiger charge is -2.25. The third kappa shape index (κ3) is 4.42. The minimum absolute atomic E-state index is 0.451. The molecule has 2 aromatic rings. The first-order chi connectivity index (χ1) is 10.2. The standard InChI is InChI=1S/C19H26N2/c1-16(21(3)15-7-14-20-2)17-10-12-19(13-11-17)18-8-5-4-6-9-18/h4-6,8-13,16,20H,7,14-15H2,1-3H3. The Morgan fingerprint density at radius 2 is 1.57 bits per heavy atom. The normalized spacial score (nSPS) is 12.6. The molecule has 0 aliphatic heterocycles. The summed E-state index contributed by atoms with van der Waals surface area (Å²) in [5, 5.41) is 3.20. The third-order valence-corrected chi connectivity index (χ3v) is 4.10. The van der Waals surface area contributed by atoms with Crippen LogP contribution >= 0.6 is 0 Å². The minimum atomic E-state index is 0.451. The highest BCUT2D eigenvalue weighted by Gasteiger charge is 2.11. The molecule has 0 aromatic heterocycles. The van der Waals surface area contributed by atoms with E-state index in [-0.39, 0.29) is 0 Å². The van der Waals surface area contributed by atoms with E-state index in [9.17, 15) is 0 Å². The van der Waals surface area contributed by atoms with E-state index in [0.717, 1.165) is 13.1 Å². The van der Waals surface area contributed by atoms with Gasteiger partial charge < -0.3 is 5.32 Å². The third-order valence-electron chi connectivity index (χ3n) is 4.10. The Kier molecular flexibility index (Phi) is 5.97. The zero-order valence-corrected chi connectivity index (χ0v) is 13.3. The molecule has 0 saturated carbocycles. The van der Waals surface area contributed by atoms with Crippen LogP contribution in [0.25, 0.3) is 11.1 Å². The first kappa shape index (κ1) is 15.7. The summed E-state index contributed by atoms with van der Waals surface area (Å²) in [6.45, 7) is 4.46.